The third kappa shape index (κ3) is 5.88. The summed E-state index contributed by atoms with van der Waals surface area (Å²) in [5.74, 6) is -0.668. The van der Waals surface area contributed by atoms with Crippen LogP contribution in [0, 0.1) is 5.82 Å². The zero-order valence-corrected chi connectivity index (χ0v) is 17.0. The van der Waals surface area contributed by atoms with E-state index >= 15 is 0 Å². The van der Waals surface area contributed by atoms with Crippen molar-refractivity contribution >= 4 is 21.6 Å². The van der Waals surface area contributed by atoms with E-state index in [9.17, 15) is 17.6 Å². The Kier molecular flexibility index (Phi) is 6.81. The van der Waals surface area contributed by atoms with Crippen LogP contribution in [-0.2, 0) is 21.4 Å². The smallest absolute Gasteiger partial charge is 0.265 e. The summed E-state index contributed by atoms with van der Waals surface area (Å²) in [7, 11) is -3.69. The first-order valence-corrected chi connectivity index (χ1v) is 10.7. The number of nitrogens with one attached hydrogen (secondary N) is 2. The van der Waals surface area contributed by atoms with Crippen LogP contribution in [0.2, 0.25) is 0 Å². The Morgan fingerprint density at radius 3 is 2.37 bits per heavy atom. The number of hydrogen-bond acceptors (Lipinski definition) is 4. The molecular formula is C22H21FN2O4S. The van der Waals surface area contributed by atoms with Crippen molar-refractivity contribution in [3.63, 3.8) is 0 Å². The lowest BCUT2D eigenvalue weighted by molar-refractivity contribution is -0.122. The van der Waals surface area contributed by atoms with Gasteiger partial charge in [0, 0.05) is 18.3 Å². The molecule has 0 saturated heterocycles. The number of ether oxygens (including phenoxy) is 1. The standard InChI is InChI=1S/C22H21FN2O4S/c1-16(29-20-9-5-8-18(23)14-20)22(26)25-19-10-12-21(13-11-19)30(27,28)24-15-17-6-3-2-4-7-17/h2-14,16,24H,15H2,1H3,(H,25,26)/t16-/m1/s1. The van der Waals surface area contributed by atoms with E-state index in [0.717, 1.165) is 5.56 Å². The van der Waals surface area contributed by atoms with Gasteiger partial charge in [0.05, 0.1) is 4.90 Å². The van der Waals surface area contributed by atoms with E-state index in [1.54, 1.807) is 6.07 Å². The normalized spacial score (nSPS) is 12.2. The molecule has 0 saturated carbocycles. The fourth-order valence-electron chi connectivity index (χ4n) is 2.62. The van der Waals surface area contributed by atoms with Crippen LogP contribution in [0.3, 0.4) is 0 Å². The highest BCUT2D eigenvalue weighted by Crippen LogP contribution is 2.17. The summed E-state index contributed by atoms with van der Waals surface area (Å²) < 4.78 is 46.0. The van der Waals surface area contributed by atoms with Gasteiger partial charge in [-0.15, -0.1) is 0 Å². The second-order valence-electron chi connectivity index (χ2n) is 6.54. The number of sulfonamides is 1. The topological polar surface area (TPSA) is 84.5 Å². The molecule has 156 valence electrons. The lowest BCUT2D eigenvalue weighted by Gasteiger charge is -2.15. The molecule has 0 aliphatic heterocycles. The van der Waals surface area contributed by atoms with Gasteiger partial charge in [0.2, 0.25) is 10.0 Å². The summed E-state index contributed by atoms with van der Waals surface area (Å²) in [6, 6.07) is 20.5. The molecule has 0 unspecified atom stereocenters. The number of carbonyl (C=O) groups is 1. The molecule has 0 aromatic heterocycles. The molecule has 2 N–H and O–H groups in total. The van der Waals surface area contributed by atoms with Crippen molar-refractivity contribution in [3.8, 4) is 5.75 Å². The molecule has 1 amide bonds. The molecule has 0 radical (unpaired) electrons. The Morgan fingerprint density at radius 1 is 1.00 bits per heavy atom. The Bertz CT molecular complexity index is 1100. The highest BCUT2D eigenvalue weighted by Gasteiger charge is 2.17. The molecule has 0 aliphatic carbocycles. The van der Waals surface area contributed by atoms with Gasteiger partial charge in [-0.1, -0.05) is 36.4 Å². The monoisotopic (exact) mass is 428 g/mol. The van der Waals surface area contributed by atoms with E-state index in [0.29, 0.717) is 5.69 Å². The maximum atomic E-state index is 13.2. The molecule has 3 aromatic rings. The zero-order valence-electron chi connectivity index (χ0n) is 16.2. The average Bonchev–Trinajstić information content (AvgIpc) is 2.73. The van der Waals surface area contributed by atoms with Crippen LogP contribution in [0.1, 0.15) is 12.5 Å². The van der Waals surface area contributed by atoms with E-state index in [2.05, 4.69) is 10.0 Å². The van der Waals surface area contributed by atoms with Crippen LogP contribution in [0.25, 0.3) is 0 Å². The van der Waals surface area contributed by atoms with Gasteiger partial charge in [-0.05, 0) is 48.9 Å². The molecule has 1 atom stereocenters. The van der Waals surface area contributed by atoms with Crippen molar-refractivity contribution < 1.29 is 22.3 Å². The second-order valence-corrected chi connectivity index (χ2v) is 8.31. The predicted octanol–water partition coefficient (Wildman–Crippen LogP) is 3.71. The number of halogens is 1. The minimum Gasteiger partial charge on any atom is -0.481 e. The SMILES string of the molecule is C[C@@H](Oc1cccc(F)c1)C(=O)Nc1ccc(S(=O)(=O)NCc2ccccc2)cc1. The van der Waals surface area contributed by atoms with Crippen LogP contribution >= 0.6 is 0 Å². The van der Waals surface area contributed by atoms with Gasteiger partial charge >= 0.3 is 0 Å². The predicted molar refractivity (Wildman–Crippen MR) is 112 cm³/mol. The first-order chi connectivity index (χ1) is 14.3. The van der Waals surface area contributed by atoms with Gasteiger partial charge in [-0.25, -0.2) is 17.5 Å². The quantitative estimate of drug-likeness (QED) is 0.573. The fraction of sp³-hybridized carbons (Fsp3) is 0.136. The molecule has 8 heteroatoms. The molecule has 0 fully saturated rings. The molecule has 0 aliphatic rings. The highest BCUT2D eigenvalue weighted by molar-refractivity contribution is 7.89. The minimum atomic E-state index is -3.69. The highest BCUT2D eigenvalue weighted by atomic mass is 32.2. The van der Waals surface area contributed by atoms with Gasteiger partial charge in [-0.2, -0.15) is 0 Å². The average molecular weight is 428 g/mol. The first-order valence-electron chi connectivity index (χ1n) is 9.20. The van der Waals surface area contributed by atoms with E-state index < -0.39 is 27.9 Å². The maximum absolute atomic E-state index is 13.2. The molecule has 0 bridgehead atoms. The third-order valence-corrected chi connectivity index (χ3v) is 5.64. The number of rotatable bonds is 8. The summed E-state index contributed by atoms with van der Waals surface area (Å²) in [6.07, 6.45) is -0.872. The number of hydrogen-bond donors (Lipinski definition) is 2. The van der Waals surface area contributed by atoms with E-state index in [4.69, 9.17) is 4.74 Å². The summed E-state index contributed by atoms with van der Waals surface area (Å²) in [5, 5.41) is 2.64. The fourth-order valence-corrected chi connectivity index (χ4v) is 3.63. The Hall–Kier alpha value is -3.23. The van der Waals surface area contributed by atoms with Gasteiger partial charge in [-0.3, -0.25) is 4.79 Å². The molecular weight excluding hydrogens is 407 g/mol. The second kappa shape index (κ2) is 9.51. The number of amides is 1. The molecule has 0 heterocycles. The van der Waals surface area contributed by atoms with Crippen molar-refractivity contribution in [2.75, 3.05) is 5.32 Å². The molecule has 3 aromatic carbocycles. The van der Waals surface area contributed by atoms with Gasteiger partial charge < -0.3 is 10.1 Å². The van der Waals surface area contributed by atoms with Crippen LogP contribution in [0.5, 0.6) is 5.75 Å². The van der Waals surface area contributed by atoms with Crippen LogP contribution in [0.15, 0.2) is 83.8 Å². The minimum absolute atomic E-state index is 0.0838. The summed E-state index contributed by atoms with van der Waals surface area (Å²) >= 11 is 0. The number of carbonyl (C=O) groups excluding carboxylic acids is 1. The largest absolute Gasteiger partial charge is 0.481 e. The summed E-state index contributed by atoms with van der Waals surface area (Å²) in [5.41, 5.74) is 1.26. The van der Waals surface area contributed by atoms with E-state index in [1.165, 1.54) is 49.4 Å². The first kappa shape index (κ1) is 21.5. The summed E-state index contributed by atoms with van der Waals surface area (Å²) in [6.45, 7) is 1.71. The van der Waals surface area contributed by atoms with Gasteiger partial charge in [0.1, 0.15) is 11.6 Å². The number of benzene rings is 3. The van der Waals surface area contributed by atoms with Crippen molar-refractivity contribution in [2.45, 2.75) is 24.5 Å². The maximum Gasteiger partial charge on any atom is 0.265 e. The van der Waals surface area contributed by atoms with Gasteiger partial charge in [0.25, 0.3) is 5.91 Å². The van der Waals surface area contributed by atoms with Crippen LogP contribution in [0.4, 0.5) is 10.1 Å². The van der Waals surface area contributed by atoms with E-state index in [1.807, 2.05) is 30.3 Å². The van der Waals surface area contributed by atoms with Crippen molar-refractivity contribution in [2.24, 2.45) is 0 Å². The van der Waals surface area contributed by atoms with Crippen molar-refractivity contribution in [1.29, 1.82) is 0 Å². The third-order valence-electron chi connectivity index (χ3n) is 4.22. The Labute approximate surface area is 174 Å². The van der Waals surface area contributed by atoms with Crippen molar-refractivity contribution in [1.82, 2.24) is 4.72 Å². The lowest BCUT2D eigenvalue weighted by Crippen LogP contribution is -2.30. The Morgan fingerprint density at radius 2 is 1.70 bits per heavy atom. The molecule has 6 nitrogen and oxygen atoms in total. The van der Waals surface area contributed by atoms with Crippen molar-refractivity contribution in [3.05, 3.63) is 90.2 Å². The summed E-state index contributed by atoms with van der Waals surface area (Å²) in [4.78, 5) is 12.4. The zero-order chi connectivity index (χ0) is 21.6. The molecule has 30 heavy (non-hydrogen) atoms. The van der Waals surface area contributed by atoms with E-state index in [-0.39, 0.29) is 17.2 Å². The van der Waals surface area contributed by atoms with Crippen LogP contribution < -0.4 is 14.8 Å². The lowest BCUT2D eigenvalue weighted by atomic mass is 10.2. The Balaban J connectivity index is 1.58. The van der Waals surface area contributed by atoms with Crippen LogP contribution in [-0.4, -0.2) is 20.4 Å². The number of anilines is 1. The van der Waals surface area contributed by atoms with Gasteiger partial charge in [0.15, 0.2) is 6.10 Å². The molecule has 0 spiro atoms. The molecule has 3 rings (SSSR count).